The summed E-state index contributed by atoms with van der Waals surface area (Å²) in [7, 11) is 0. The molecule has 0 heterocycles. The molecule has 0 spiro atoms. The van der Waals surface area contributed by atoms with Crippen LogP contribution in [0, 0.1) is 11.8 Å². The molecule has 0 heteroatoms. The predicted molar refractivity (Wildman–Crippen MR) is 62.2 cm³/mol. The molecule has 14 heavy (non-hydrogen) atoms. The van der Waals surface area contributed by atoms with Crippen LogP contribution >= 0.6 is 0 Å². The van der Waals surface area contributed by atoms with Gasteiger partial charge < -0.3 is 0 Å². The van der Waals surface area contributed by atoms with E-state index in [4.69, 9.17) is 0 Å². The normalized spacial score (nSPS) is 32.8. The van der Waals surface area contributed by atoms with Crippen LogP contribution in [0.15, 0.2) is 23.8 Å². The molecule has 0 amide bonds. The van der Waals surface area contributed by atoms with E-state index in [2.05, 4.69) is 25.2 Å². The Kier molecular flexibility index (Phi) is 3.44. The summed E-state index contributed by atoms with van der Waals surface area (Å²) < 4.78 is 0. The van der Waals surface area contributed by atoms with Gasteiger partial charge in [-0.05, 0) is 56.8 Å². The molecular weight excluding hydrogens is 168 g/mol. The summed E-state index contributed by atoms with van der Waals surface area (Å²) in [6, 6.07) is 0. The second-order valence-electron chi connectivity index (χ2n) is 5.10. The fourth-order valence-corrected chi connectivity index (χ4v) is 2.78. The minimum Gasteiger partial charge on any atom is -0.0885 e. The van der Waals surface area contributed by atoms with Crippen molar-refractivity contribution in [2.45, 2.75) is 51.9 Å². The summed E-state index contributed by atoms with van der Waals surface area (Å²) >= 11 is 0. The number of rotatable bonds is 2. The van der Waals surface area contributed by atoms with Crippen molar-refractivity contribution in [1.82, 2.24) is 0 Å². The zero-order valence-electron chi connectivity index (χ0n) is 9.34. The van der Waals surface area contributed by atoms with Gasteiger partial charge >= 0.3 is 0 Å². The summed E-state index contributed by atoms with van der Waals surface area (Å²) in [5.41, 5.74) is 1.75. The molecule has 0 aromatic heterocycles. The van der Waals surface area contributed by atoms with Gasteiger partial charge in [0.05, 0.1) is 0 Å². The Bertz CT molecular complexity index is 234. The lowest BCUT2D eigenvalue weighted by molar-refractivity contribution is 0.434. The Labute approximate surface area is 88.1 Å². The van der Waals surface area contributed by atoms with Crippen LogP contribution in [0.4, 0.5) is 0 Å². The van der Waals surface area contributed by atoms with E-state index in [0.717, 1.165) is 11.8 Å². The van der Waals surface area contributed by atoms with Gasteiger partial charge in [0.15, 0.2) is 0 Å². The Morgan fingerprint density at radius 1 is 1.21 bits per heavy atom. The maximum Gasteiger partial charge on any atom is -0.0289 e. The molecule has 0 N–H and O–H groups in total. The van der Waals surface area contributed by atoms with E-state index in [9.17, 15) is 0 Å². The van der Waals surface area contributed by atoms with E-state index in [1.165, 1.54) is 44.9 Å². The van der Waals surface area contributed by atoms with Gasteiger partial charge in [0.25, 0.3) is 0 Å². The van der Waals surface area contributed by atoms with Gasteiger partial charge in [-0.15, -0.1) is 0 Å². The molecule has 0 aromatic rings. The van der Waals surface area contributed by atoms with Crippen LogP contribution in [-0.2, 0) is 0 Å². The van der Waals surface area contributed by atoms with Crippen LogP contribution < -0.4 is 0 Å². The second-order valence-corrected chi connectivity index (χ2v) is 5.10. The number of hydrogen-bond acceptors (Lipinski definition) is 0. The molecule has 2 atom stereocenters. The van der Waals surface area contributed by atoms with Crippen molar-refractivity contribution >= 4 is 0 Å². The highest BCUT2D eigenvalue weighted by atomic mass is 14.2. The Morgan fingerprint density at radius 3 is 2.86 bits per heavy atom. The molecule has 0 fully saturated rings. The lowest BCUT2D eigenvalue weighted by Crippen LogP contribution is -2.08. The van der Waals surface area contributed by atoms with Gasteiger partial charge in [-0.2, -0.15) is 0 Å². The number of hydrogen-bond donors (Lipinski definition) is 0. The first kappa shape index (κ1) is 10.0. The minimum atomic E-state index is 0.939. The minimum absolute atomic E-state index is 0.939. The fraction of sp³-hybridized carbons (Fsp3) is 0.714. The maximum absolute atomic E-state index is 2.51. The lowest BCUT2D eigenvalue weighted by atomic mass is 9.82. The highest BCUT2D eigenvalue weighted by molar-refractivity contribution is 5.08. The predicted octanol–water partition coefficient (Wildman–Crippen LogP) is 4.48. The molecule has 0 aromatic carbocycles. The lowest BCUT2D eigenvalue weighted by Gasteiger charge is -2.24. The van der Waals surface area contributed by atoms with Gasteiger partial charge in [0.1, 0.15) is 0 Å². The molecular formula is C14H22. The fourth-order valence-electron chi connectivity index (χ4n) is 2.78. The molecule has 0 radical (unpaired) electrons. The first-order valence-electron chi connectivity index (χ1n) is 6.17. The molecule has 2 aliphatic carbocycles. The summed E-state index contributed by atoms with van der Waals surface area (Å²) in [4.78, 5) is 0. The zero-order chi connectivity index (χ0) is 9.80. The molecule has 0 nitrogen and oxygen atoms in total. The van der Waals surface area contributed by atoms with Crippen molar-refractivity contribution in [3.05, 3.63) is 23.8 Å². The van der Waals surface area contributed by atoms with Gasteiger partial charge in [-0.1, -0.05) is 30.7 Å². The summed E-state index contributed by atoms with van der Waals surface area (Å²) in [5, 5.41) is 0. The number of allylic oxidation sites excluding steroid dienone is 4. The van der Waals surface area contributed by atoms with E-state index in [0.29, 0.717) is 0 Å². The molecule has 2 unspecified atom stereocenters. The SMILES string of the molecule is CC1CCC=C(CC2CC=CCC2)C1. The van der Waals surface area contributed by atoms with Gasteiger partial charge in [0, 0.05) is 0 Å². The molecule has 0 aliphatic heterocycles. The monoisotopic (exact) mass is 190 g/mol. The van der Waals surface area contributed by atoms with Crippen LogP contribution in [0.2, 0.25) is 0 Å². The summed E-state index contributed by atoms with van der Waals surface area (Å²) in [6.07, 6.45) is 16.8. The standard InChI is InChI=1S/C14H22/c1-12-6-5-9-14(10-12)11-13-7-3-2-4-8-13/h2-3,9,12-13H,4-8,10-11H2,1H3. The highest BCUT2D eigenvalue weighted by Crippen LogP contribution is 2.31. The molecule has 78 valence electrons. The van der Waals surface area contributed by atoms with Crippen molar-refractivity contribution in [2.24, 2.45) is 11.8 Å². The van der Waals surface area contributed by atoms with E-state index in [1.807, 2.05) is 0 Å². The third-order valence-corrected chi connectivity index (χ3v) is 3.63. The van der Waals surface area contributed by atoms with Crippen LogP contribution in [0.1, 0.15) is 51.9 Å². The molecule has 0 bridgehead atoms. The third kappa shape index (κ3) is 2.73. The van der Waals surface area contributed by atoms with Crippen molar-refractivity contribution in [3.63, 3.8) is 0 Å². The highest BCUT2D eigenvalue weighted by Gasteiger charge is 2.16. The van der Waals surface area contributed by atoms with Gasteiger partial charge in [0.2, 0.25) is 0 Å². The van der Waals surface area contributed by atoms with Crippen LogP contribution in [0.25, 0.3) is 0 Å². The summed E-state index contributed by atoms with van der Waals surface area (Å²) in [5.74, 6) is 1.89. The van der Waals surface area contributed by atoms with Crippen molar-refractivity contribution in [2.75, 3.05) is 0 Å². The van der Waals surface area contributed by atoms with E-state index < -0.39 is 0 Å². The van der Waals surface area contributed by atoms with E-state index >= 15 is 0 Å². The maximum atomic E-state index is 2.51. The van der Waals surface area contributed by atoms with Crippen LogP contribution in [-0.4, -0.2) is 0 Å². The average Bonchev–Trinajstić information content (AvgIpc) is 2.19. The van der Waals surface area contributed by atoms with E-state index in [-0.39, 0.29) is 0 Å². The Balaban J connectivity index is 1.84. The first-order valence-corrected chi connectivity index (χ1v) is 6.17. The van der Waals surface area contributed by atoms with Gasteiger partial charge in [-0.3, -0.25) is 0 Å². The van der Waals surface area contributed by atoms with Crippen molar-refractivity contribution < 1.29 is 0 Å². The summed E-state index contributed by atoms with van der Waals surface area (Å²) in [6.45, 7) is 2.40. The Hall–Kier alpha value is -0.520. The zero-order valence-corrected chi connectivity index (χ0v) is 9.34. The molecule has 2 rings (SSSR count). The van der Waals surface area contributed by atoms with E-state index in [1.54, 1.807) is 5.57 Å². The largest absolute Gasteiger partial charge is 0.0885 e. The second kappa shape index (κ2) is 4.82. The topological polar surface area (TPSA) is 0 Å². The average molecular weight is 190 g/mol. The van der Waals surface area contributed by atoms with Crippen molar-refractivity contribution in [1.29, 1.82) is 0 Å². The molecule has 0 saturated heterocycles. The van der Waals surface area contributed by atoms with Gasteiger partial charge in [-0.25, -0.2) is 0 Å². The quantitative estimate of drug-likeness (QED) is 0.563. The first-order chi connectivity index (χ1) is 6.84. The molecule has 2 aliphatic rings. The van der Waals surface area contributed by atoms with Crippen LogP contribution in [0.3, 0.4) is 0 Å². The third-order valence-electron chi connectivity index (χ3n) is 3.63. The van der Waals surface area contributed by atoms with Crippen LogP contribution in [0.5, 0.6) is 0 Å². The molecule has 0 saturated carbocycles. The smallest absolute Gasteiger partial charge is 0.0289 e. The Morgan fingerprint density at radius 2 is 2.14 bits per heavy atom. The van der Waals surface area contributed by atoms with Crippen molar-refractivity contribution in [3.8, 4) is 0 Å².